The number of Topliss-reactive ketones (excluding diaryl/α,β-unsaturated/α-hetero) is 1. The first kappa shape index (κ1) is 15.0. The Labute approximate surface area is 123 Å². The van der Waals surface area contributed by atoms with Crippen LogP contribution in [0.2, 0.25) is 0 Å². The molecule has 0 bridgehead atoms. The van der Waals surface area contributed by atoms with Crippen LogP contribution in [-0.4, -0.2) is 30.8 Å². The maximum atomic E-state index is 12.1. The van der Waals surface area contributed by atoms with Crippen LogP contribution in [0.3, 0.4) is 0 Å². The molecule has 0 saturated carbocycles. The molecule has 5 nitrogen and oxygen atoms in total. The molecule has 0 unspecified atom stereocenters. The third kappa shape index (κ3) is 2.72. The third-order valence-corrected chi connectivity index (χ3v) is 3.48. The van der Waals surface area contributed by atoms with Crippen LogP contribution in [0.25, 0.3) is 0 Å². The van der Waals surface area contributed by atoms with Crippen molar-refractivity contribution in [2.75, 3.05) is 18.1 Å². The minimum Gasteiger partial charge on any atom is -0.463 e. The molecule has 1 heterocycles. The van der Waals surface area contributed by atoms with Gasteiger partial charge in [-0.05, 0) is 38.0 Å². The molecule has 110 valence electrons. The van der Waals surface area contributed by atoms with Crippen molar-refractivity contribution in [3.8, 4) is 0 Å². The standard InChI is InChI=1S/C16H17NO4/c1-4-21-13(18)6-5-9-17-14-11(3)10(2)7-8-12(14)15(19)16(17)20/h5-8H,4,9H2,1-3H3/b6-5+. The van der Waals surface area contributed by atoms with E-state index in [4.69, 9.17) is 4.74 Å². The van der Waals surface area contributed by atoms with Crippen LogP contribution in [0.4, 0.5) is 5.69 Å². The molecular formula is C16H17NO4. The fourth-order valence-electron chi connectivity index (χ4n) is 2.29. The first-order valence-electron chi connectivity index (χ1n) is 6.77. The van der Waals surface area contributed by atoms with Gasteiger partial charge in [-0.15, -0.1) is 0 Å². The van der Waals surface area contributed by atoms with Crippen LogP contribution in [0, 0.1) is 13.8 Å². The number of benzene rings is 1. The highest BCUT2D eigenvalue weighted by Gasteiger charge is 2.36. The highest BCUT2D eigenvalue weighted by atomic mass is 16.5. The van der Waals surface area contributed by atoms with Gasteiger partial charge in [-0.2, -0.15) is 0 Å². The Morgan fingerprint density at radius 2 is 2.00 bits per heavy atom. The molecule has 1 aromatic rings. The predicted octanol–water partition coefficient (Wildman–Crippen LogP) is 1.95. The number of carbonyl (C=O) groups excluding carboxylic acids is 3. The number of ketones is 1. The van der Waals surface area contributed by atoms with Crippen molar-refractivity contribution < 1.29 is 19.1 Å². The zero-order chi connectivity index (χ0) is 15.6. The third-order valence-electron chi connectivity index (χ3n) is 3.48. The summed E-state index contributed by atoms with van der Waals surface area (Å²) >= 11 is 0. The van der Waals surface area contributed by atoms with Gasteiger partial charge in [0.15, 0.2) is 0 Å². The molecule has 0 saturated heterocycles. The fraction of sp³-hybridized carbons (Fsp3) is 0.312. The van der Waals surface area contributed by atoms with Crippen LogP contribution in [0.5, 0.6) is 0 Å². The molecule has 0 atom stereocenters. The number of esters is 1. The topological polar surface area (TPSA) is 63.7 Å². The molecule has 1 amide bonds. The summed E-state index contributed by atoms with van der Waals surface area (Å²) in [5.74, 6) is -1.53. The van der Waals surface area contributed by atoms with E-state index in [9.17, 15) is 14.4 Å². The van der Waals surface area contributed by atoms with E-state index in [2.05, 4.69) is 0 Å². The van der Waals surface area contributed by atoms with Crippen LogP contribution < -0.4 is 4.90 Å². The van der Waals surface area contributed by atoms with Gasteiger partial charge in [-0.3, -0.25) is 9.59 Å². The monoisotopic (exact) mass is 287 g/mol. The van der Waals surface area contributed by atoms with E-state index in [1.165, 1.54) is 17.1 Å². The smallest absolute Gasteiger partial charge is 0.330 e. The number of carbonyl (C=O) groups is 3. The lowest BCUT2D eigenvalue weighted by Gasteiger charge is -2.17. The van der Waals surface area contributed by atoms with Crippen LogP contribution in [0.1, 0.15) is 28.4 Å². The minimum absolute atomic E-state index is 0.167. The average molecular weight is 287 g/mol. The van der Waals surface area contributed by atoms with Crippen molar-refractivity contribution in [3.05, 3.63) is 41.0 Å². The minimum atomic E-state index is -0.563. The van der Waals surface area contributed by atoms with Crippen molar-refractivity contribution >= 4 is 23.3 Å². The van der Waals surface area contributed by atoms with Gasteiger partial charge in [0.25, 0.3) is 11.7 Å². The van der Waals surface area contributed by atoms with Gasteiger partial charge in [-0.1, -0.05) is 12.1 Å². The first-order valence-corrected chi connectivity index (χ1v) is 6.77. The number of ether oxygens (including phenoxy) is 1. The molecule has 5 heteroatoms. The van der Waals surface area contributed by atoms with E-state index in [1.54, 1.807) is 13.0 Å². The second-order valence-electron chi connectivity index (χ2n) is 4.80. The van der Waals surface area contributed by atoms with Crippen molar-refractivity contribution in [3.63, 3.8) is 0 Å². The second kappa shape index (κ2) is 5.91. The Kier molecular flexibility index (Phi) is 4.21. The van der Waals surface area contributed by atoms with Gasteiger partial charge in [0.2, 0.25) is 0 Å². The summed E-state index contributed by atoms with van der Waals surface area (Å²) in [5.41, 5.74) is 2.97. The SMILES string of the molecule is CCOC(=O)/C=C/CN1C(=O)C(=O)c2ccc(C)c(C)c21. The zero-order valence-corrected chi connectivity index (χ0v) is 12.3. The molecule has 1 aromatic carbocycles. The second-order valence-corrected chi connectivity index (χ2v) is 4.80. The molecule has 0 radical (unpaired) electrons. The van der Waals surface area contributed by atoms with Crippen molar-refractivity contribution in [1.82, 2.24) is 0 Å². The van der Waals surface area contributed by atoms with Crippen molar-refractivity contribution in [1.29, 1.82) is 0 Å². The summed E-state index contributed by atoms with van der Waals surface area (Å²) in [4.78, 5) is 36.7. The van der Waals surface area contributed by atoms with Gasteiger partial charge < -0.3 is 9.64 Å². The van der Waals surface area contributed by atoms with E-state index in [1.807, 2.05) is 19.9 Å². The van der Waals surface area contributed by atoms with E-state index in [0.717, 1.165) is 11.1 Å². The number of aryl methyl sites for hydroxylation is 1. The van der Waals surface area contributed by atoms with Crippen molar-refractivity contribution in [2.45, 2.75) is 20.8 Å². The number of amides is 1. The largest absolute Gasteiger partial charge is 0.463 e. The Balaban J connectivity index is 2.27. The number of anilines is 1. The number of hydrogen-bond donors (Lipinski definition) is 0. The highest BCUT2D eigenvalue weighted by molar-refractivity contribution is 6.52. The van der Waals surface area contributed by atoms with Gasteiger partial charge in [0, 0.05) is 12.6 Å². The molecule has 0 aromatic heterocycles. The molecule has 2 rings (SSSR count). The summed E-state index contributed by atoms with van der Waals surface area (Å²) in [6, 6.07) is 3.50. The maximum Gasteiger partial charge on any atom is 0.330 e. The summed E-state index contributed by atoms with van der Waals surface area (Å²) in [6.45, 7) is 5.99. The lowest BCUT2D eigenvalue weighted by Crippen LogP contribution is -2.30. The summed E-state index contributed by atoms with van der Waals surface area (Å²) < 4.78 is 4.77. The van der Waals surface area contributed by atoms with Crippen LogP contribution in [-0.2, 0) is 14.3 Å². The molecule has 0 aliphatic carbocycles. The molecular weight excluding hydrogens is 270 g/mol. The average Bonchev–Trinajstić information content (AvgIpc) is 2.68. The van der Waals surface area contributed by atoms with E-state index < -0.39 is 17.7 Å². The Morgan fingerprint density at radius 3 is 2.67 bits per heavy atom. The van der Waals surface area contributed by atoms with Gasteiger partial charge in [0.05, 0.1) is 17.9 Å². The fourth-order valence-corrected chi connectivity index (χ4v) is 2.29. The Morgan fingerprint density at radius 1 is 1.29 bits per heavy atom. The number of rotatable bonds is 4. The summed E-state index contributed by atoms with van der Waals surface area (Å²) in [6.07, 6.45) is 2.80. The first-order chi connectivity index (χ1) is 9.97. The van der Waals surface area contributed by atoms with Gasteiger partial charge in [-0.25, -0.2) is 4.79 Å². The number of hydrogen-bond acceptors (Lipinski definition) is 4. The predicted molar refractivity (Wildman–Crippen MR) is 78.4 cm³/mol. The van der Waals surface area contributed by atoms with Crippen molar-refractivity contribution in [2.24, 2.45) is 0 Å². The molecule has 1 aliphatic heterocycles. The normalized spacial score (nSPS) is 14.0. The Bertz CT molecular complexity index is 646. The number of nitrogens with zero attached hydrogens (tertiary/aromatic N) is 1. The van der Waals surface area contributed by atoms with Crippen LogP contribution in [0.15, 0.2) is 24.3 Å². The van der Waals surface area contributed by atoms with Crippen LogP contribution >= 0.6 is 0 Å². The number of fused-ring (bicyclic) bond motifs is 1. The summed E-state index contributed by atoms with van der Waals surface area (Å²) in [7, 11) is 0. The molecule has 21 heavy (non-hydrogen) atoms. The van der Waals surface area contributed by atoms with E-state index in [-0.39, 0.29) is 6.54 Å². The van der Waals surface area contributed by atoms with E-state index in [0.29, 0.717) is 17.9 Å². The lowest BCUT2D eigenvalue weighted by atomic mass is 10.0. The zero-order valence-electron chi connectivity index (χ0n) is 12.3. The highest BCUT2D eigenvalue weighted by Crippen LogP contribution is 2.33. The van der Waals surface area contributed by atoms with Gasteiger partial charge >= 0.3 is 5.97 Å². The molecule has 0 spiro atoms. The molecule has 1 aliphatic rings. The maximum absolute atomic E-state index is 12.1. The molecule has 0 N–H and O–H groups in total. The summed E-state index contributed by atoms with van der Waals surface area (Å²) in [5, 5.41) is 0. The quantitative estimate of drug-likeness (QED) is 0.482. The Hall–Kier alpha value is -2.43. The molecule has 0 fully saturated rings. The van der Waals surface area contributed by atoms with Gasteiger partial charge in [0.1, 0.15) is 0 Å². The lowest BCUT2D eigenvalue weighted by molar-refractivity contribution is -0.137. The van der Waals surface area contributed by atoms with E-state index >= 15 is 0 Å².